The molecule has 7 nitrogen and oxygen atoms in total. The molecule has 1 N–H and O–H groups in total. The summed E-state index contributed by atoms with van der Waals surface area (Å²) in [5.74, 6) is 0. The number of nitro benzene ring substituents is 1. The molecule has 0 amide bonds. The summed E-state index contributed by atoms with van der Waals surface area (Å²) in [6.45, 7) is 5.40. The lowest BCUT2D eigenvalue weighted by atomic mass is 10.1. The third-order valence-electron chi connectivity index (χ3n) is 3.49. The van der Waals surface area contributed by atoms with Crippen molar-refractivity contribution in [3.05, 3.63) is 68.8 Å². The molecule has 0 radical (unpaired) electrons. The predicted molar refractivity (Wildman–Crippen MR) is 91.7 cm³/mol. The molecule has 0 saturated heterocycles. The fourth-order valence-electron chi connectivity index (χ4n) is 2.14. The Morgan fingerprint density at radius 2 is 1.79 bits per heavy atom. The van der Waals surface area contributed by atoms with Crippen LogP contribution in [0.1, 0.15) is 22.3 Å². The zero-order valence-electron chi connectivity index (χ0n) is 13.5. The highest BCUT2D eigenvalue weighted by molar-refractivity contribution is 7.89. The first-order valence-corrected chi connectivity index (χ1v) is 8.56. The van der Waals surface area contributed by atoms with Gasteiger partial charge in [-0.05, 0) is 38.0 Å². The van der Waals surface area contributed by atoms with Gasteiger partial charge in [-0.15, -0.1) is 0 Å². The molecule has 2 aromatic carbocycles. The molecule has 0 bridgehead atoms. The van der Waals surface area contributed by atoms with Gasteiger partial charge in [0.25, 0.3) is 15.7 Å². The molecule has 2 aromatic rings. The Bertz CT molecular complexity index is 921. The minimum atomic E-state index is -3.98. The van der Waals surface area contributed by atoms with E-state index in [2.05, 4.69) is 9.93 Å². The quantitative estimate of drug-likeness (QED) is 0.510. The van der Waals surface area contributed by atoms with Gasteiger partial charge in [-0.1, -0.05) is 29.8 Å². The van der Waals surface area contributed by atoms with Gasteiger partial charge in [-0.2, -0.15) is 13.5 Å². The Kier molecular flexibility index (Phi) is 4.99. The lowest BCUT2D eigenvalue weighted by molar-refractivity contribution is -0.385. The molecule has 0 unspecified atom stereocenters. The topological polar surface area (TPSA) is 102 Å². The van der Waals surface area contributed by atoms with Gasteiger partial charge in [-0.25, -0.2) is 4.83 Å². The molecule has 0 aromatic heterocycles. The van der Waals surface area contributed by atoms with Crippen molar-refractivity contribution in [2.45, 2.75) is 25.7 Å². The monoisotopic (exact) mass is 347 g/mol. The van der Waals surface area contributed by atoms with E-state index >= 15 is 0 Å². The number of nitro groups is 1. The number of hydrazone groups is 1. The molecule has 8 heteroatoms. The Balaban J connectivity index is 2.24. The van der Waals surface area contributed by atoms with Gasteiger partial charge in [0.05, 0.1) is 16.0 Å². The molecule has 0 spiro atoms. The van der Waals surface area contributed by atoms with Gasteiger partial charge in [0.1, 0.15) is 0 Å². The fourth-order valence-corrected chi connectivity index (χ4v) is 2.95. The zero-order chi connectivity index (χ0) is 17.9. The molecule has 0 aliphatic carbocycles. The Morgan fingerprint density at radius 3 is 2.42 bits per heavy atom. The second kappa shape index (κ2) is 6.79. The van der Waals surface area contributed by atoms with Crippen LogP contribution >= 0.6 is 0 Å². The summed E-state index contributed by atoms with van der Waals surface area (Å²) in [6, 6.07) is 9.40. The van der Waals surface area contributed by atoms with Crippen molar-refractivity contribution in [3.8, 4) is 0 Å². The summed E-state index contributed by atoms with van der Waals surface area (Å²) in [7, 11) is -3.98. The maximum atomic E-state index is 12.2. The van der Waals surface area contributed by atoms with E-state index in [4.69, 9.17) is 0 Å². The van der Waals surface area contributed by atoms with E-state index in [1.54, 1.807) is 6.92 Å². The first-order chi connectivity index (χ1) is 11.2. The van der Waals surface area contributed by atoms with Crippen LogP contribution in [0.3, 0.4) is 0 Å². The van der Waals surface area contributed by atoms with Crippen LogP contribution in [0, 0.1) is 30.9 Å². The first-order valence-electron chi connectivity index (χ1n) is 7.08. The number of nitrogens with one attached hydrogen (secondary N) is 1. The highest BCUT2D eigenvalue weighted by Crippen LogP contribution is 2.22. The molecule has 0 saturated carbocycles. The van der Waals surface area contributed by atoms with E-state index < -0.39 is 14.9 Å². The summed E-state index contributed by atoms with van der Waals surface area (Å²) < 4.78 is 24.4. The molecule has 0 heterocycles. The molecule has 2 rings (SSSR count). The minimum absolute atomic E-state index is 0.211. The lowest BCUT2D eigenvalue weighted by Crippen LogP contribution is -2.18. The van der Waals surface area contributed by atoms with Crippen LogP contribution in [0.2, 0.25) is 0 Å². The fraction of sp³-hybridized carbons (Fsp3) is 0.188. The molecule has 0 aliphatic heterocycles. The molecular formula is C16H17N3O4S. The van der Waals surface area contributed by atoms with Gasteiger partial charge in [0.15, 0.2) is 0 Å². The Labute approximate surface area is 140 Å². The van der Waals surface area contributed by atoms with Crippen LogP contribution in [0.4, 0.5) is 5.69 Å². The van der Waals surface area contributed by atoms with E-state index in [1.165, 1.54) is 18.3 Å². The molecule has 126 valence electrons. The number of hydrogen-bond acceptors (Lipinski definition) is 5. The summed E-state index contributed by atoms with van der Waals surface area (Å²) in [5, 5.41) is 14.7. The SMILES string of the molecule is Cc1ccc(/C=N/NS(=O)(=O)c2ccc(C)c([N+](=O)[O-])c2)c(C)c1. The second-order valence-electron chi connectivity index (χ2n) is 5.42. The van der Waals surface area contributed by atoms with Crippen LogP contribution in [-0.2, 0) is 10.0 Å². The maximum absolute atomic E-state index is 12.2. The van der Waals surface area contributed by atoms with Crippen LogP contribution in [0.15, 0.2) is 46.4 Å². The molecule has 0 fully saturated rings. The van der Waals surface area contributed by atoms with Crippen LogP contribution in [-0.4, -0.2) is 19.6 Å². The van der Waals surface area contributed by atoms with Crippen molar-refractivity contribution >= 4 is 21.9 Å². The molecule has 0 atom stereocenters. The summed E-state index contributed by atoms with van der Waals surface area (Å²) in [5.41, 5.74) is 2.97. The number of hydrogen-bond donors (Lipinski definition) is 1. The summed E-state index contributed by atoms with van der Waals surface area (Å²) in [6.07, 6.45) is 1.40. The standard InChI is InChI=1S/C16H17N3O4S/c1-11-4-6-14(13(3)8-11)10-17-18-24(22,23)15-7-5-12(2)16(9-15)19(20)21/h4-10,18H,1-3H3/b17-10+. The van der Waals surface area contributed by atoms with Gasteiger partial charge in [0, 0.05) is 11.6 Å². The average Bonchev–Trinajstić information content (AvgIpc) is 2.49. The van der Waals surface area contributed by atoms with Crippen molar-refractivity contribution in [2.75, 3.05) is 0 Å². The second-order valence-corrected chi connectivity index (χ2v) is 7.08. The van der Waals surface area contributed by atoms with Crippen molar-refractivity contribution in [1.82, 2.24) is 4.83 Å². The van der Waals surface area contributed by atoms with E-state index in [0.717, 1.165) is 22.8 Å². The summed E-state index contributed by atoms with van der Waals surface area (Å²) >= 11 is 0. The van der Waals surface area contributed by atoms with Crippen molar-refractivity contribution in [1.29, 1.82) is 0 Å². The molecule has 24 heavy (non-hydrogen) atoms. The van der Waals surface area contributed by atoms with Gasteiger partial charge >= 0.3 is 0 Å². The zero-order valence-corrected chi connectivity index (χ0v) is 14.3. The van der Waals surface area contributed by atoms with Crippen LogP contribution in [0.25, 0.3) is 0 Å². The lowest BCUT2D eigenvalue weighted by Gasteiger charge is -2.05. The number of aryl methyl sites for hydroxylation is 3. The van der Waals surface area contributed by atoms with Crippen molar-refractivity contribution in [3.63, 3.8) is 0 Å². The normalized spacial score (nSPS) is 11.6. The first kappa shape index (κ1) is 17.6. The number of rotatable bonds is 5. The third kappa shape index (κ3) is 3.96. The van der Waals surface area contributed by atoms with E-state index in [0.29, 0.717) is 5.56 Å². The van der Waals surface area contributed by atoms with E-state index in [9.17, 15) is 18.5 Å². The maximum Gasteiger partial charge on any atom is 0.276 e. The Hall–Kier alpha value is -2.74. The van der Waals surface area contributed by atoms with Crippen molar-refractivity contribution in [2.24, 2.45) is 5.10 Å². The third-order valence-corrected chi connectivity index (χ3v) is 4.71. The van der Waals surface area contributed by atoms with E-state index in [-0.39, 0.29) is 10.6 Å². The van der Waals surface area contributed by atoms with Crippen molar-refractivity contribution < 1.29 is 13.3 Å². The molecular weight excluding hydrogens is 330 g/mol. The number of nitrogens with zero attached hydrogens (tertiary/aromatic N) is 2. The average molecular weight is 347 g/mol. The van der Waals surface area contributed by atoms with E-state index in [1.807, 2.05) is 32.0 Å². The van der Waals surface area contributed by atoms with Crippen LogP contribution in [0.5, 0.6) is 0 Å². The van der Waals surface area contributed by atoms with Crippen LogP contribution < -0.4 is 4.83 Å². The van der Waals surface area contributed by atoms with Gasteiger partial charge in [-0.3, -0.25) is 10.1 Å². The smallest absolute Gasteiger partial charge is 0.258 e. The largest absolute Gasteiger partial charge is 0.276 e. The highest BCUT2D eigenvalue weighted by Gasteiger charge is 2.19. The van der Waals surface area contributed by atoms with Gasteiger partial charge in [0.2, 0.25) is 0 Å². The number of sulfonamides is 1. The predicted octanol–water partition coefficient (Wildman–Crippen LogP) is 2.83. The minimum Gasteiger partial charge on any atom is -0.258 e. The summed E-state index contributed by atoms with van der Waals surface area (Å²) in [4.78, 5) is 12.2. The molecule has 0 aliphatic rings. The Morgan fingerprint density at radius 1 is 1.08 bits per heavy atom. The number of benzene rings is 2. The highest BCUT2D eigenvalue weighted by atomic mass is 32.2. The van der Waals surface area contributed by atoms with Gasteiger partial charge < -0.3 is 0 Å².